The standard InChI is InChI=1S/C26H26N4O2.2ClH/c27-15-18-6-8-20(9-7-18)25-22(19-4-2-1-3-5-19)14-23-24(29-25)10-11-28-26(23)30-12-13-32-21(16-30)17-31;;/h1-11,14,21,31H,12-13,15-17,27H2;2*1H. The fourth-order valence-corrected chi connectivity index (χ4v) is 4.21. The van der Waals surface area contributed by atoms with Crippen LogP contribution >= 0.6 is 24.8 Å². The van der Waals surface area contributed by atoms with Crippen LogP contribution in [-0.4, -0.2) is 47.5 Å². The van der Waals surface area contributed by atoms with Crippen molar-refractivity contribution in [2.24, 2.45) is 5.73 Å². The number of hydrogen-bond acceptors (Lipinski definition) is 6. The molecule has 1 saturated heterocycles. The zero-order valence-corrected chi connectivity index (χ0v) is 20.3. The Morgan fingerprint density at radius 3 is 2.47 bits per heavy atom. The van der Waals surface area contributed by atoms with Gasteiger partial charge in [0, 0.05) is 42.3 Å². The first-order chi connectivity index (χ1) is 15.8. The summed E-state index contributed by atoms with van der Waals surface area (Å²) in [5.74, 6) is 0.874. The fourth-order valence-electron chi connectivity index (χ4n) is 4.21. The van der Waals surface area contributed by atoms with Gasteiger partial charge in [-0.1, -0.05) is 54.6 Å². The molecule has 1 aliphatic heterocycles. The van der Waals surface area contributed by atoms with E-state index in [4.69, 9.17) is 20.4 Å². The molecule has 0 aliphatic carbocycles. The molecule has 6 nitrogen and oxygen atoms in total. The van der Waals surface area contributed by atoms with Crippen molar-refractivity contribution in [1.82, 2.24) is 9.97 Å². The van der Waals surface area contributed by atoms with Gasteiger partial charge in [0.15, 0.2) is 0 Å². The molecule has 1 unspecified atom stereocenters. The van der Waals surface area contributed by atoms with Crippen LogP contribution in [0.5, 0.6) is 0 Å². The number of aliphatic hydroxyl groups excluding tert-OH is 1. The Kier molecular flexibility index (Phi) is 8.83. The Morgan fingerprint density at radius 1 is 1.00 bits per heavy atom. The van der Waals surface area contributed by atoms with Gasteiger partial charge in [0.05, 0.1) is 30.5 Å². The lowest BCUT2D eigenvalue weighted by Crippen LogP contribution is -2.44. The van der Waals surface area contributed by atoms with Gasteiger partial charge in [0.1, 0.15) is 5.82 Å². The number of halogens is 2. The first-order valence-corrected chi connectivity index (χ1v) is 10.9. The lowest BCUT2D eigenvalue weighted by atomic mass is 9.97. The number of nitrogens with zero attached hydrogens (tertiary/aromatic N) is 3. The van der Waals surface area contributed by atoms with E-state index in [0.717, 1.165) is 51.2 Å². The minimum atomic E-state index is -0.206. The molecule has 0 amide bonds. The molecule has 0 radical (unpaired) electrons. The molecule has 1 aliphatic rings. The topological polar surface area (TPSA) is 84.5 Å². The van der Waals surface area contributed by atoms with Crippen LogP contribution in [0.2, 0.25) is 0 Å². The third kappa shape index (κ3) is 5.17. The number of aliphatic hydroxyl groups is 1. The first kappa shape index (κ1) is 25.9. The maximum Gasteiger partial charge on any atom is 0.138 e. The second-order valence-corrected chi connectivity index (χ2v) is 7.97. The van der Waals surface area contributed by atoms with Gasteiger partial charge >= 0.3 is 0 Å². The van der Waals surface area contributed by atoms with Gasteiger partial charge in [-0.3, -0.25) is 0 Å². The molecule has 3 heterocycles. The lowest BCUT2D eigenvalue weighted by Gasteiger charge is -2.33. The number of rotatable bonds is 5. The Balaban J connectivity index is 0.00000162. The number of morpholine rings is 1. The highest BCUT2D eigenvalue weighted by Gasteiger charge is 2.23. The smallest absolute Gasteiger partial charge is 0.138 e. The van der Waals surface area contributed by atoms with E-state index in [2.05, 4.69) is 47.4 Å². The highest BCUT2D eigenvalue weighted by atomic mass is 35.5. The third-order valence-electron chi connectivity index (χ3n) is 5.91. The van der Waals surface area contributed by atoms with E-state index < -0.39 is 0 Å². The molecule has 5 rings (SSSR count). The van der Waals surface area contributed by atoms with Crippen molar-refractivity contribution < 1.29 is 9.84 Å². The van der Waals surface area contributed by atoms with Crippen LogP contribution in [0.4, 0.5) is 5.82 Å². The number of nitrogens with two attached hydrogens (primary N) is 1. The zero-order chi connectivity index (χ0) is 21.9. The Labute approximate surface area is 211 Å². The van der Waals surface area contributed by atoms with Crippen molar-refractivity contribution in [3.05, 3.63) is 78.5 Å². The minimum absolute atomic E-state index is 0. The van der Waals surface area contributed by atoms with E-state index in [-0.39, 0.29) is 37.5 Å². The third-order valence-corrected chi connectivity index (χ3v) is 5.91. The molecule has 3 N–H and O–H groups in total. The summed E-state index contributed by atoms with van der Waals surface area (Å²) in [6, 6.07) is 22.7. The van der Waals surface area contributed by atoms with Gasteiger partial charge in [0.2, 0.25) is 0 Å². The van der Waals surface area contributed by atoms with Gasteiger partial charge in [-0.2, -0.15) is 0 Å². The maximum absolute atomic E-state index is 9.57. The number of hydrogen-bond donors (Lipinski definition) is 2. The van der Waals surface area contributed by atoms with Crippen LogP contribution in [0.3, 0.4) is 0 Å². The highest BCUT2D eigenvalue weighted by Crippen LogP contribution is 2.36. The molecule has 178 valence electrons. The summed E-state index contributed by atoms with van der Waals surface area (Å²) in [6.07, 6.45) is 1.60. The number of aromatic nitrogens is 2. The minimum Gasteiger partial charge on any atom is -0.394 e. The molecular weight excluding hydrogens is 471 g/mol. The molecule has 2 aromatic carbocycles. The van der Waals surface area contributed by atoms with Crippen molar-refractivity contribution in [2.75, 3.05) is 31.2 Å². The predicted octanol–water partition coefficient (Wildman–Crippen LogP) is 4.46. The highest BCUT2D eigenvalue weighted by molar-refractivity contribution is 5.97. The van der Waals surface area contributed by atoms with Gasteiger partial charge in [-0.25, -0.2) is 9.97 Å². The van der Waals surface area contributed by atoms with E-state index in [1.807, 2.05) is 24.3 Å². The van der Waals surface area contributed by atoms with E-state index in [1.54, 1.807) is 6.20 Å². The van der Waals surface area contributed by atoms with Crippen LogP contribution in [0, 0.1) is 0 Å². The monoisotopic (exact) mass is 498 g/mol. The van der Waals surface area contributed by atoms with Crippen LogP contribution in [0.25, 0.3) is 33.3 Å². The summed E-state index contributed by atoms with van der Waals surface area (Å²) in [4.78, 5) is 12.0. The predicted molar refractivity (Wildman–Crippen MR) is 142 cm³/mol. The molecule has 2 aromatic heterocycles. The molecule has 0 saturated carbocycles. The van der Waals surface area contributed by atoms with Crippen molar-refractivity contribution >= 4 is 41.5 Å². The second kappa shape index (κ2) is 11.6. The molecule has 0 bridgehead atoms. The number of benzene rings is 2. The molecule has 1 atom stereocenters. The molecular formula is C26H28Cl2N4O2. The lowest BCUT2D eigenvalue weighted by molar-refractivity contribution is 0.00344. The number of anilines is 1. The van der Waals surface area contributed by atoms with Gasteiger partial charge in [-0.15, -0.1) is 24.8 Å². The summed E-state index contributed by atoms with van der Waals surface area (Å²) >= 11 is 0. The zero-order valence-electron chi connectivity index (χ0n) is 18.6. The van der Waals surface area contributed by atoms with Crippen LogP contribution in [0.15, 0.2) is 72.9 Å². The fraction of sp³-hybridized carbons (Fsp3) is 0.231. The van der Waals surface area contributed by atoms with Gasteiger partial charge in [0.25, 0.3) is 0 Å². The molecule has 1 fully saturated rings. The van der Waals surface area contributed by atoms with E-state index in [9.17, 15) is 5.11 Å². The summed E-state index contributed by atoms with van der Waals surface area (Å²) in [5.41, 5.74) is 11.9. The molecule has 4 aromatic rings. The number of ether oxygens (including phenoxy) is 1. The largest absolute Gasteiger partial charge is 0.394 e. The SMILES string of the molecule is Cl.Cl.NCc1ccc(-c2nc3ccnc(N4CCOC(CO)C4)c3cc2-c2ccccc2)cc1. The Bertz CT molecular complexity index is 1220. The Morgan fingerprint density at radius 2 is 1.76 bits per heavy atom. The molecule has 8 heteroatoms. The van der Waals surface area contributed by atoms with Crippen molar-refractivity contribution in [3.63, 3.8) is 0 Å². The summed E-state index contributed by atoms with van der Waals surface area (Å²) in [5, 5.41) is 10.6. The van der Waals surface area contributed by atoms with Crippen molar-refractivity contribution in [2.45, 2.75) is 12.6 Å². The number of pyridine rings is 2. The maximum atomic E-state index is 9.57. The first-order valence-electron chi connectivity index (χ1n) is 10.9. The molecule has 34 heavy (non-hydrogen) atoms. The van der Waals surface area contributed by atoms with E-state index in [1.165, 1.54) is 0 Å². The number of fused-ring (bicyclic) bond motifs is 1. The average molecular weight is 499 g/mol. The van der Waals surface area contributed by atoms with E-state index >= 15 is 0 Å². The summed E-state index contributed by atoms with van der Waals surface area (Å²) in [7, 11) is 0. The summed E-state index contributed by atoms with van der Waals surface area (Å²) < 4.78 is 5.64. The quantitative estimate of drug-likeness (QED) is 0.422. The second-order valence-electron chi connectivity index (χ2n) is 7.97. The van der Waals surface area contributed by atoms with Gasteiger partial charge < -0.3 is 20.5 Å². The Hall–Kier alpha value is -2.74. The molecule has 0 spiro atoms. The normalized spacial score (nSPS) is 15.5. The van der Waals surface area contributed by atoms with Crippen molar-refractivity contribution in [3.8, 4) is 22.4 Å². The van der Waals surface area contributed by atoms with Crippen LogP contribution in [0.1, 0.15) is 5.56 Å². The van der Waals surface area contributed by atoms with Crippen molar-refractivity contribution in [1.29, 1.82) is 0 Å². The van der Waals surface area contributed by atoms with Crippen LogP contribution in [-0.2, 0) is 11.3 Å². The van der Waals surface area contributed by atoms with Crippen LogP contribution < -0.4 is 10.6 Å². The van der Waals surface area contributed by atoms with E-state index in [0.29, 0.717) is 19.7 Å². The average Bonchev–Trinajstić information content (AvgIpc) is 2.88. The summed E-state index contributed by atoms with van der Waals surface area (Å²) in [6.45, 7) is 2.41. The van der Waals surface area contributed by atoms with Gasteiger partial charge in [-0.05, 0) is 23.3 Å².